The van der Waals surface area contributed by atoms with Gasteiger partial charge in [-0.3, -0.25) is 14.2 Å². The van der Waals surface area contributed by atoms with Crippen molar-refractivity contribution in [3.05, 3.63) is 129 Å². The number of benzene rings is 4. The Bertz CT molecular complexity index is 1720. The first kappa shape index (κ1) is 28.6. The third kappa shape index (κ3) is 7.26. The number of para-hydroxylation sites is 1. The van der Waals surface area contributed by atoms with Crippen molar-refractivity contribution in [1.29, 1.82) is 0 Å². The zero-order valence-corrected chi connectivity index (χ0v) is 24.4. The van der Waals surface area contributed by atoms with Crippen LogP contribution in [0.1, 0.15) is 15.9 Å². The van der Waals surface area contributed by atoms with Gasteiger partial charge in [0.25, 0.3) is 0 Å². The molecule has 0 aliphatic heterocycles. The molecule has 0 aliphatic carbocycles. The van der Waals surface area contributed by atoms with E-state index in [1.54, 1.807) is 54.6 Å². The van der Waals surface area contributed by atoms with Crippen LogP contribution in [0.15, 0.2) is 108 Å². The zero-order chi connectivity index (χ0) is 28.8. The summed E-state index contributed by atoms with van der Waals surface area (Å²) in [7, 11) is 0. The quantitative estimate of drug-likeness (QED) is 0.102. The minimum absolute atomic E-state index is 0.0941. The molecule has 0 fully saturated rings. The van der Waals surface area contributed by atoms with E-state index < -0.39 is 0 Å². The molecule has 204 valence electrons. The van der Waals surface area contributed by atoms with Crippen molar-refractivity contribution in [3.63, 3.8) is 0 Å². The average Bonchev–Trinajstić information content (AvgIpc) is 3.42. The number of ketones is 1. The van der Waals surface area contributed by atoms with Gasteiger partial charge in [-0.2, -0.15) is 0 Å². The van der Waals surface area contributed by atoms with Crippen LogP contribution in [-0.2, 0) is 4.79 Å². The second kappa shape index (κ2) is 13.2. The number of hydrogen-bond acceptors (Lipinski definition) is 5. The standard InChI is InChI=1S/C31H21Cl3N4O2S/c32-23-12-6-20(7-13-23)8-17-28(39)21-9-14-24(15-10-21)35-29(40)19-41-31-37-36-30(22-11-16-26(33)27(34)18-22)38(31)25-4-2-1-3-5-25/h1-18H,19H2,(H,35,40)/b17-8+. The molecule has 0 aliphatic rings. The predicted molar refractivity (Wildman–Crippen MR) is 167 cm³/mol. The second-order valence-corrected chi connectivity index (χ2v) is 11.0. The number of hydrogen-bond donors (Lipinski definition) is 1. The van der Waals surface area contributed by atoms with Crippen LogP contribution in [0.2, 0.25) is 15.1 Å². The van der Waals surface area contributed by atoms with Crippen LogP contribution in [0.4, 0.5) is 5.69 Å². The number of carbonyl (C=O) groups excluding carboxylic acids is 2. The van der Waals surface area contributed by atoms with Crippen LogP contribution in [0.3, 0.4) is 0 Å². The summed E-state index contributed by atoms with van der Waals surface area (Å²) >= 11 is 19.5. The molecule has 5 aromatic rings. The van der Waals surface area contributed by atoms with Crippen molar-refractivity contribution in [2.75, 3.05) is 11.1 Å². The fourth-order valence-electron chi connectivity index (χ4n) is 3.88. The Morgan fingerprint density at radius 2 is 1.56 bits per heavy atom. The van der Waals surface area contributed by atoms with E-state index in [9.17, 15) is 9.59 Å². The summed E-state index contributed by atoms with van der Waals surface area (Å²) in [5.41, 5.74) is 3.54. The van der Waals surface area contributed by atoms with Gasteiger partial charge >= 0.3 is 0 Å². The molecular formula is C31H21Cl3N4O2S. The number of halogens is 3. The first-order valence-corrected chi connectivity index (χ1v) is 14.5. The lowest BCUT2D eigenvalue weighted by Gasteiger charge is -2.11. The number of nitrogens with one attached hydrogen (secondary N) is 1. The molecular weight excluding hydrogens is 599 g/mol. The number of thioether (sulfide) groups is 1. The fourth-order valence-corrected chi connectivity index (χ4v) is 5.06. The highest BCUT2D eigenvalue weighted by atomic mass is 35.5. The summed E-state index contributed by atoms with van der Waals surface area (Å²) in [6, 6.07) is 28.8. The molecule has 0 bridgehead atoms. The summed E-state index contributed by atoms with van der Waals surface area (Å²) in [5.74, 6) is 0.293. The lowest BCUT2D eigenvalue weighted by atomic mass is 10.1. The normalized spacial score (nSPS) is 11.1. The van der Waals surface area contributed by atoms with Crippen molar-refractivity contribution < 1.29 is 9.59 Å². The van der Waals surface area contributed by atoms with E-state index in [2.05, 4.69) is 15.5 Å². The van der Waals surface area contributed by atoms with Crippen molar-refractivity contribution in [3.8, 4) is 17.1 Å². The largest absolute Gasteiger partial charge is 0.325 e. The maximum Gasteiger partial charge on any atom is 0.234 e. The molecule has 1 aromatic heterocycles. The predicted octanol–water partition coefficient (Wildman–Crippen LogP) is 8.52. The molecule has 1 N–H and O–H groups in total. The molecule has 41 heavy (non-hydrogen) atoms. The van der Waals surface area contributed by atoms with Crippen LogP contribution < -0.4 is 5.32 Å². The molecule has 5 rings (SSSR count). The van der Waals surface area contributed by atoms with Gasteiger partial charge in [0.1, 0.15) is 0 Å². The lowest BCUT2D eigenvalue weighted by molar-refractivity contribution is -0.113. The maximum absolute atomic E-state index is 12.8. The van der Waals surface area contributed by atoms with E-state index in [4.69, 9.17) is 34.8 Å². The molecule has 0 radical (unpaired) electrons. The molecule has 0 saturated heterocycles. The third-order valence-electron chi connectivity index (χ3n) is 5.91. The first-order valence-electron chi connectivity index (χ1n) is 12.3. The van der Waals surface area contributed by atoms with Gasteiger partial charge in [-0.15, -0.1) is 10.2 Å². The summed E-state index contributed by atoms with van der Waals surface area (Å²) in [6.07, 6.45) is 3.23. The molecule has 0 spiro atoms. The molecule has 0 saturated carbocycles. The van der Waals surface area contributed by atoms with E-state index in [-0.39, 0.29) is 17.4 Å². The van der Waals surface area contributed by atoms with E-state index >= 15 is 0 Å². The van der Waals surface area contributed by atoms with Gasteiger partial charge in [0, 0.05) is 27.5 Å². The van der Waals surface area contributed by atoms with Crippen LogP contribution in [0.25, 0.3) is 23.2 Å². The van der Waals surface area contributed by atoms with Gasteiger partial charge in [-0.25, -0.2) is 0 Å². The maximum atomic E-state index is 12.8. The Morgan fingerprint density at radius 1 is 0.829 bits per heavy atom. The summed E-state index contributed by atoms with van der Waals surface area (Å²) in [5, 5.41) is 13.6. The fraction of sp³-hybridized carbons (Fsp3) is 0.0323. The van der Waals surface area contributed by atoms with Crippen molar-refractivity contribution in [1.82, 2.24) is 14.8 Å². The molecule has 10 heteroatoms. The smallest absolute Gasteiger partial charge is 0.234 e. The molecule has 1 amide bonds. The van der Waals surface area contributed by atoms with E-state index in [1.807, 2.05) is 53.1 Å². The lowest BCUT2D eigenvalue weighted by Crippen LogP contribution is -2.14. The first-order chi connectivity index (χ1) is 19.9. The van der Waals surface area contributed by atoms with Gasteiger partial charge in [0.15, 0.2) is 16.8 Å². The van der Waals surface area contributed by atoms with E-state index in [0.29, 0.717) is 37.3 Å². The highest BCUT2D eigenvalue weighted by Crippen LogP contribution is 2.32. The Morgan fingerprint density at radius 3 is 2.27 bits per heavy atom. The molecule has 4 aromatic carbocycles. The van der Waals surface area contributed by atoms with Gasteiger partial charge in [-0.05, 0) is 78.4 Å². The number of aromatic nitrogens is 3. The van der Waals surface area contributed by atoms with Crippen LogP contribution in [-0.4, -0.2) is 32.2 Å². The summed E-state index contributed by atoms with van der Waals surface area (Å²) < 4.78 is 1.87. The summed E-state index contributed by atoms with van der Waals surface area (Å²) in [6.45, 7) is 0. The number of allylic oxidation sites excluding steroid dienone is 1. The molecule has 0 unspecified atom stereocenters. The Balaban J connectivity index is 1.25. The molecule has 6 nitrogen and oxygen atoms in total. The van der Waals surface area contributed by atoms with Gasteiger partial charge in [0.2, 0.25) is 5.91 Å². The average molecular weight is 620 g/mol. The number of anilines is 1. The topological polar surface area (TPSA) is 76.9 Å². The van der Waals surface area contributed by atoms with Crippen LogP contribution in [0.5, 0.6) is 0 Å². The zero-order valence-electron chi connectivity index (χ0n) is 21.3. The van der Waals surface area contributed by atoms with Gasteiger partial charge < -0.3 is 5.32 Å². The second-order valence-electron chi connectivity index (χ2n) is 8.77. The third-order valence-corrected chi connectivity index (χ3v) is 7.83. The van der Waals surface area contributed by atoms with Crippen molar-refractivity contribution >= 4 is 70.0 Å². The monoisotopic (exact) mass is 618 g/mol. The highest BCUT2D eigenvalue weighted by molar-refractivity contribution is 7.99. The highest BCUT2D eigenvalue weighted by Gasteiger charge is 2.18. The van der Waals surface area contributed by atoms with Crippen LogP contribution >= 0.6 is 46.6 Å². The number of nitrogens with zero attached hydrogens (tertiary/aromatic N) is 3. The number of carbonyl (C=O) groups is 2. The van der Waals surface area contributed by atoms with Crippen molar-refractivity contribution in [2.24, 2.45) is 0 Å². The minimum Gasteiger partial charge on any atom is -0.325 e. The Hall–Kier alpha value is -3.88. The number of amides is 1. The van der Waals surface area contributed by atoms with Crippen LogP contribution in [0, 0.1) is 0 Å². The number of rotatable bonds is 9. The van der Waals surface area contributed by atoms with Crippen molar-refractivity contribution in [2.45, 2.75) is 5.16 Å². The van der Waals surface area contributed by atoms with E-state index in [0.717, 1.165) is 16.8 Å². The Kier molecular flexibility index (Phi) is 9.21. The van der Waals surface area contributed by atoms with E-state index in [1.165, 1.54) is 17.8 Å². The Labute approximate surface area is 256 Å². The molecule has 0 atom stereocenters. The van der Waals surface area contributed by atoms with Gasteiger partial charge in [-0.1, -0.05) is 83.0 Å². The van der Waals surface area contributed by atoms with Gasteiger partial charge in [0.05, 0.1) is 15.8 Å². The molecule has 1 heterocycles. The minimum atomic E-state index is -0.226. The SMILES string of the molecule is O=C(CSc1nnc(-c2ccc(Cl)c(Cl)c2)n1-c1ccccc1)Nc1ccc(C(=O)/C=C/c2ccc(Cl)cc2)cc1. The summed E-state index contributed by atoms with van der Waals surface area (Å²) in [4.78, 5) is 25.3.